The molecule has 0 spiro atoms. The number of benzene rings is 1. The van der Waals surface area contributed by atoms with Crippen molar-refractivity contribution in [3.8, 4) is 0 Å². The Bertz CT molecular complexity index is 865. The van der Waals surface area contributed by atoms with Crippen LogP contribution in [0.4, 0.5) is 5.69 Å². The summed E-state index contributed by atoms with van der Waals surface area (Å²) in [6.45, 7) is 4.06. The lowest BCUT2D eigenvalue weighted by Crippen LogP contribution is -2.44. The Kier molecular flexibility index (Phi) is 6.61. The van der Waals surface area contributed by atoms with E-state index in [-0.39, 0.29) is 0 Å². The third kappa shape index (κ3) is 4.67. The molecule has 1 atom stereocenters. The normalized spacial score (nSPS) is 16.9. The van der Waals surface area contributed by atoms with Gasteiger partial charge in [-0.2, -0.15) is 0 Å². The Morgan fingerprint density at radius 3 is 2.93 bits per heavy atom. The minimum absolute atomic E-state index is 0.294. The predicted molar refractivity (Wildman–Crippen MR) is 113 cm³/mol. The zero-order valence-corrected chi connectivity index (χ0v) is 17.9. The van der Waals surface area contributed by atoms with Gasteiger partial charge in [-0.05, 0) is 47.5 Å². The summed E-state index contributed by atoms with van der Waals surface area (Å²) in [6.07, 6.45) is 1.02. The molecule has 3 rings (SSSR count). The van der Waals surface area contributed by atoms with Crippen LogP contribution in [0.25, 0.3) is 0 Å². The SMILES string of the molecule is CN=C(NCc1cc(C(=O)OC)c(C)o1)NC1CCN(c2ccccc2Br)C1. The van der Waals surface area contributed by atoms with Crippen LogP contribution in [-0.2, 0) is 11.3 Å². The summed E-state index contributed by atoms with van der Waals surface area (Å²) in [4.78, 5) is 18.3. The number of methoxy groups -OCH3 is 1. The van der Waals surface area contributed by atoms with E-state index in [1.54, 1.807) is 20.0 Å². The van der Waals surface area contributed by atoms with Crippen LogP contribution in [0.15, 0.2) is 44.2 Å². The van der Waals surface area contributed by atoms with E-state index in [0.29, 0.717) is 35.6 Å². The van der Waals surface area contributed by atoms with Crippen molar-refractivity contribution in [2.24, 2.45) is 4.99 Å². The summed E-state index contributed by atoms with van der Waals surface area (Å²) in [5, 5.41) is 6.70. The summed E-state index contributed by atoms with van der Waals surface area (Å²) >= 11 is 3.62. The van der Waals surface area contributed by atoms with Crippen molar-refractivity contribution in [2.45, 2.75) is 25.9 Å². The van der Waals surface area contributed by atoms with Gasteiger partial charge in [0.15, 0.2) is 5.96 Å². The molecule has 0 aliphatic carbocycles. The second-order valence-corrected chi connectivity index (χ2v) is 7.48. The monoisotopic (exact) mass is 448 g/mol. The van der Waals surface area contributed by atoms with Crippen LogP contribution in [0.3, 0.4) is 0 Å². The molecule has 7 nitrogen and oxygen atoms in total. The van der Waals surface area contributed by atoms with Crippen molar-refractivity contribution >= 4 is 33.5 Å². The first-order chi connectivity index (χ1) is 13.5. The number of ether oxygens (including phenoxy) is 1. The van der Waals surface area contributed by atoms with E-state index < -0.39 is 5.97 Å². The summed E-state index contributed by atoms with van der Waals surface area (Å²) < 4.78 is 11.5. The summed E-state index contributed by atoms with van der Waals surface area (Å²) in [6, 6.07) is 10.2. The van der Waals surface area contributed by atoms with Gasteiger partial charge in [-0.3, -0.25) is 4.99 Å². The Morgan fingerprint density at radius 2 is 2.21 bits per heavy atom. The molecule has 0 saturated carbocycles. The highest BCUT2D eigenvalue weighted by molar-refractivity contribution is 9.10. The molecule has 150 valence electrons. The number of anilines is 1. The number of halogens is 1. The molecule has 1 aromatic heterocycles. The fraction of sp³-hybridized carbons (Fsp3) is 0.400. The lowest BCUT2D eigenvalue weighted by molar-refractivity contribution is 0.0599. The molecule has 0 radical (unpaired) electrons. The highest BCUT2D eigenvalue weighted by Crippen LogP contribution is 2.28. The third-order valence-corrected chi connectivity index (χ3v) is 5.42. The molecule has 2 aromatic rings. The lowest BCUT2D eigenvalue weighted by atomic mass is 10.2. The zero-order chi connectivity index (χ0) is 20.1. The van der Waals surface area contributed by atoms with E-state index in [1.807, 2.05) is 6.07 Å². The van der Waals surface area contributed by atoms with Crippen molar-refractivity contribution in [3.05, 3.63) is 51.9 Å². The fourth-order valence-corrected chi connectivity index (χ4v) is 3.84. The number of nitrogens with zero attached hydrogens (tertiary/aromatic N) is 2. The Hall–Kier alpha value is -2.48. The van der Waals surface area contributed by atoms with Crippen molar-refractivity contribution < 1.29 is 13.9 Å². The maximum atomic E-state index is 11.7. The van der Waals surface area contributed by atoms with E-state index in [4.69, 9.17) is 9.15 Å². The highest BCUT2D eigenvalue weighted by Gasteiger charge is 2.24. The number of hydrogen-bond acceptors (Lipinski definition) is 5. The van der Waals surface area contributed by atoms with Gasteiger partial charge in [0.05, 0.1) is 19.3 Å². The van der Waals surface area contributed by atoms with Crippen LogP contribution in [0, 0.1) is 6.92 Å². The number of guanidine groups is 1. The quantitative estimate of drug-likeness (QED) is 0.415. The maximum absolute atomic E-state index is 11.7. The zero-order valence-electron chi connectivity index (χ0n) is 16.3. The average Bonchev–Trinajstić information content (AvgIpc) is 3.31. The van der Waals surface area contributed by atoms with Gasteiger partial charge < -0.3 is 24.7 Å². The average molecular weight is 449 g/mol. The molecule has 1 aromatic carbocycles. The van der Waals surface area contributed by atoms with Crippen molar-refractivity contribution in [2.75, 3.05) is 32.1 Å². The highest BCUT2D eigenvalue weighted by atomic mass is 79.9. The van der Waals surface area contributed by atoms with Crippen molar-refractivity contribution in [1.29, 1.82) is 0 Å². The van der Waals surface area contributed by atoms with Gasteiger partial charge in [0.2, 0.25) is 0 Å². The summed E-state index contributed by atoms with van der Waals surface area (Å²) in [5.41, 5.74) is 1.65. The molecule has 1 fully saturated rings. The molecule has 0 amide bonds. The van der Waals surface area contributed by atoms with Crippen LogP contribution < -0.4 is 15.5 Å². The molecule has 28 heavy (non-hydrogen) atoms. The number of furan rings is 1. The molecule has 2 N–H and O–H groups in total. The van der Waals surface area contributed by atoms with Crippen LogP contribution in [0.5, 0.6) is 0 Å². The second kappa shape index (κ2) is 9.14. The molecule has 8 heteroatoms. The number of carbonyl (C=O) groups excluding carboxylic acids is 1. The first-order valence-corrected chi connectivity index (χ1v) is 9.95. The number of aryl methyl sites for hydroxylation is 1. The topological polar surface area (TPSA) is 79.1 Å². The molecule has 1 aliphatic rings. The van der Waals surface area contributed by atoms with E-state index in [9.17, 15) is 4.79 Å². The third-order valence-electron chi connectivity index (χ3n) is 4.75. The maximum Gasteiger partial charge on any atom is 0.341 e. The van der Waals surface area contributed by atoms with E-state index >= 15 is 0 Å². The second-order valence-electron chi connectivity index (χ2n) is 6.63. The summed E-state index contributed by atoms with van der Waals surface area (Å²) in [7, 11) is 3.10. The Morgan fingerprint density at radius 1 is 1.43 bits per heavy atom. The Balaban J connectivity index is 1.54. The summed E-state index contributed by atoms with van der Waals surface area (Å²) in [5.74, 6) is 1.51. The van der Waals surface area contributed by atoms with Crippen LogP contribution >= 0.6 is 15.9 Å². The van der Waals surface area contributed by atoms with E-state index in [2.05, 4.69) is 54.7 Å². The number of rotatable bonds is 5. The molecule has 1 saturated heterocycles. The van der Waals surface area contributed by atoms with E-state index in [0.717, 1.165) is 24.0 Å². The first kappa shape index (κ1) is 20.3. The van der Waals surface area contributed by atoms with Crippen molar-refractivity contribution in [1.82, 2.24) is 10.6 Å². The van der Waals surface area contributed by atoms with E-state index in [1.165, 1.54) is 12.8 Å². The van der Waals surface area contributed by atoms with Gasteiger partial charge in [-0.25, -0.2) is 4.79 Å². The number of para-hydroxylation sites is 1. The van der Waals surface area contributed by atoms with Gasteiger partial charge in [-0.15, -0.1) is 0 Å². The minimum Gasteiger partial charge on any atom is -0.465 e. The molecule has 1 aliphatic heterocycles. The number of hydrogen-bond donors (Lipinski definition) is 2. The number of esters is 1. The molecule has 2 heterocycles. The van der Waals surface area contributed by atoms with Gasteiger partial charge in [0.25, 0.3) is 0 Å². The smallest absolute Gasteiger partial charge is 0.341 e. The molecular weight excluding hydrogens is 424 g/mol. The Labute approximate surface area is 173 Å². The van der Waals surface area contributed by atoms with Crippen molar-refractivity contribution in [3.63, 3.8) is 0 Å². The number of carbonyl (C=O) groups is 1. The predicted octanol–water partition coefficient (Wildman–Crippen LogP) is 3.08. The fourth-order valence-electron chi connectivity index (χ4n) is 3.31. The standard InChI is InChI=1S/C20H25BrN4O3/c1-13-16(19(26)27-3)10-15(28-13)11-23-20(22-2)24-14-8-9-25(12-14)18-7-5-4-6-17(18)21/h4-7,10,14H,8-9,11-12H2,1-3H3,(H2,22,23,24). The largest absolute Gasteiger partial charge is 0.465 e. The van der Waals surface area contributed by atoms with Gasteiger partial charge >= 0.3 is 5.97 Å². The van der Waals surface area contributed by atoms with Gasteiger partial charge in [0, 0.05) is 30.7 Å². The molecule has 1 unspecified atom stereocenters. The number of nitrogens with one attached hydrogen (secondary N) is 2. The molecular formula is C20H25BrN4O3. The van der Waals surface area contributed by atoms with Gasteiger partial charge in [0.1, 0.15) is 17.1 Å². The lowest BCUT2D eigenvalue weighted by Gasteiger charge is -2.21. The van der Waals surface area contributed by atoms with Crippen LogP contribution in [0.1, 0.15) is 28.3 Å². The first-order valence-electron chi connectivity index (χ1n) is 9.16. The number of aliphatic imine (C=N–C) groups is 1. The van der Waals surface area contributed by atoms with Gasteiger partial charge in [-0.1, -0.05) is 12.1 Å². The molecule has 0 bridgehead atoms. The van der Waals surface area contributed by atoms with Crippen LogP contribution in [-0.4, -0.2) is 45.2 Å². The van der Waals surface area contributed by atoms with Crippen LogP contribution in [0.2, 0.25) is 0 Å². The minimum atomic E-state index is -0.395.